The summed E-state index contributed by atoms with van der Waals surface area (Å²) in [6.07, 6.45) is 1.39. The van der Waals surface area contributed by atoms with Crippen LogP contribution in [-0.4, -0.2) is 41.9 Å². The van der Waals surface area contributed by atoms with Crippen LogP contribution in [0.5, 0.6) is 5.75 Å². The molecule has 1 unspecified atom stereocenters. The van der Waals surface area contributed by atoms with Crippen molar-refractivity contribution in [3.05, 3.63) is 65.7 Å². The Morgan fingerprint density at radius 1 is 1.00 bits per heavy atom. The number of carbonyl (C=O) groups is 2. The van der Waals surface area contributed by atoms with E-state index in [9.17, 15) is 9.59 Å². The minimum Gasteiger partial charge on any atom is -0.481 e. The first-order valence-corrected chi connectivity index (χ1v) is 10.8. The monoisotopic (exact) mass is 408 g/mol. The number of amides is 2. The Kier molecular flexibility index (Phi) is 7.50. The fourth-order valence-electron chi connectivity index (χ4n) is 3.78. The van der Waals surface area contributed by atoms with Crippen LogP contribution >= 0.6 is 0 Å². The van der Waals surface area contributed by atoms with Crippen molar-refractivity contribution in [3.63, 3.8) is 0 Å². The number of piperidine rings is 1. The van der Waals surface area contributed by atoms with Gasteiger partial charge >= 0.3 is 0 Å². The van der Waals surface area contributed by atoms with Gasteiger partial charge in [-0.15, -0.1) is 0 Å². The third kappa shape index (κ3) is 5.85. The second kappa shape index (κ2) is 10.3. The quantitative estimate of drug-likeness (QED) is 0.755. The molecule has 0 spiro atoms. The zero-order chi connectivity index (χ0) is 21.5. The highest BCUT2D eigenvalue weighted by molar-refractivity contribution is 5.81. The van der Waals surface area contributed by atoms with Gasteiger partial charge in [0.05, 0.1) is 6.42 Å². The topological polar surface area (TPSA) is 58.6 Å². The Morgan fingerprint density at radius 3 is 2.30 bits per heavy atom. The Bertz CT molecular complexity index is 842. The largest absolute Gasteiger partial charge is 0.481 e. The number of likely N-dealkylation sites (tertiary alicyclic amines) is 1. The fraction of sp³-hybridized carbons (Fsp3) is 0.440. The van der Waals surface area contributed by atoms with Gasteiger partial charge in [-0.25, -0.2) is 0 Å². The van der Waals surface area contributed by atoms with Gasteiger partial charge < -0.3 is 15.0 Å². The summed E-state index contributed by atoms with van der Waals surface area (Å²) in [5, 5.41) is 3.09. The molecule has 0 bridgehead atoms. The number of carbonyl (C=O) groups excluding carboxylic acids is 2. The average Bonchev–Trinajstić information content (AvgIpc) is 2.75. The highest BCUT2D eigenvalue weighted by Gasteiger charge is 2.26. The lowest BCUT2D eigenvalue weighted by atomic mass is 10.0. The molecule has 1 N–H and O–H groups in total. The first-order valence-electron chi connectivity index (χ1n) is 10.8. The molecular weight excluding hydrogens is 376 g/mol. The number of nitrogens with one attached hydrogen (secondary N) is 1. The van der Waals surface area contributed by atoms with Crippen LogP contribution in [-0.2, 0) is 16.0 Å². The van der Waals surface area contributed by atoms with Gasteiger partial charge in [-0.2, -0.15) is 0 Å². The van der Waals surface area contributed by atoms with Gasteiger partial charge in [-0.1, -0.05) is 62.4 Å². The summed E-state index contributed by atoms with van der Waals surface area (Å²) in [5.74, 6) is 1.13. The second-order valence-electron chi connectivity index (χ2n) is 8.28. The van der Waals surface area contributed by atoms with Gasteiger partial charge in [-0.3, -0.25) is 9.59 Å². The molecule has 1 atom stereocenters. The molecule has 1 aliphatic heterocycles. The zero-order valence-electron chi connectivity index (χ0n) is 18.1. The van der Waals surface area contributed by atoms with E-state index in [-0.39, 0.29) is 17.9 Å². The van der Waals surface area contributed by atoms with E-state index in [0.717, 1.165) is 29.7 Å². The van der Waals surface area contributed by atoms with Crippen LogP contribution < -0.4 is 10.1 Å². The molecular formula is C25H32N2O3. The van der Waals surface area contributed by atoms with E-state index in [0.29, 0.717) is 25.4 Å². The third-order valence-corrected chi connectivity index (χ3v) is 5.61. The van der Waals surface area contributed by atoms with Crippen LogP contribution in [0.25, 0.3) is 0 Å². The van der Waals surface area contributed by atoms with Crippen molar-refractivity contribution in [3.8, 4) is 5.75 Å². The maximum atomic E-state index is 12.6. The molecule has 1 saturated heterocycles. The number of hydrogen-bond acceptors (Lipinski definition) is 3. The number of para-hydroxylation sites is 1. The van der Waals surface area contributed by atoms with Gasteiger partial charge in [0, 0.05) is 19.1 Å². The molecule has 1 fully saturated rings. The Hall–Kier alpha value is -2.82. The molecule has 5 nitrogen and oxygen atoms in total. The van der Waals surface area contributed by atoms with Crippen molar-refractivity contribution >= 4 is 11.8 Å². The van der Waals surface area contributed by atoms with Crippen LogP contribution in [0.1, 0.15) is 50.7 Å². The standard InChI is InChI=1S/C25H32N2O3/c1-18(2)22-11-7-8-12-23(22)30-19(3)25(29)26-21-13-15-27(16-14-21)24(28)17-20-9-5-4-6-10-20/h4-12,18-19,21H,13-17H2,1-3H3,(H,26,29). The minimum absolute atomic E-state index is 0.0738. The zero-order valence-corrected chi connectivity index (χ0v) is 18.1. The number of ether oxygens (including phenoxy) is 1. The minimum atomic E-state index is -0.567. The van der Waals surface area contributed by atoms with Crippen molar-refractivity contribution in [2.75, 3.05) is 13.1 Å². The molecule has 30 heavy (non-hydrogen) atoms. The molecule has 0 saturated carbocycles. The van der Waals surface area contributed by atoms with E-state index in [1.54, 1.807) is 6.92 Å². The van der Waals surface area contributed by atoms with Crippen LogP contribution in [0.2, 0.25) is 0 Å². The normalized spacial score (nSPS) is 15.7. The maximum Gasteiger partial charge on any atom is 0.260 e. The maximum absolute atomic E-state index is 12.6. The smallest absolute Gasteiger partial charge is 0.260 e. The lowest BCUT2D eigenvalue weighted by Gasteiger charge is -2.33. The lowest BCUT2D eigenvalue weighted by Crippen LogP contribution is -2.49. The number of benzene rings is 2. The average molecular weight is 409 g/mol. The van der Waals surface area contributed by atoms with Gasteiger partial charge in [0.2, 0.25) is 5.91 Å². The van der Waals surface area contributed by atoms with E-state index in [1.807, 2.05) is 59.5 Å². The molecule has 160 valence electrons. The molecule has 5 heteroatoms. The summed E-state index contributed by atoms with van der Waals surface area (Å²) in [4.78, 5) is 27.0. The van der Waals surface area contributed by atoms with Crippen molar-refractivity contribution in [2.45, 2.75) is 58.1 Å². The number of rotatable bonds is 7. The molecule has 2 aromatic rings. The first kappa shape index (κ1) is 21.9. The summed E-state index contributed by atoms with van der Waals surface area (Å²) in [6, 6.07) is 17.7. The summed E-state index contributed by atoms with van der Waals surface area (Å²) >= 11 is 0. The van der Waals surface area contributed by atoms with Gasteiger partial charge in [0.15, 0.2) is 6.10 Å². The van der Waals surface area contributed by atoms with Crippen molar-refractivity contribution in [2.24, 2.45) is 0 Å². The fourth-order valence-corrected chi connectivity index (χ4v) is 3.78. The van der Waals surface area contributed by atoms with E-state index < -0.39 is 6.10 Å². The Balaban J connectivity index is 1.46. The van der Waals surface area contributed by atoms with Crippen molar-refractivity contribution < 1.29 is 14.3 Å². The van der Waals surface area contributed by atoms with E-state index in [2.05, 4.69) is 19.2 Å². The summed E-state index contributed by atoms with van der Waals surface area (Å²) < 4.78 is 5.96. The molecule has 2 aromatic carbocycles. The predicted octanol–water partition coefficient (Wildman–Crippen LogP) is 3.93. The summed E-state index contributed by atoms with van der Waals surface area (Å²) in [5.41, 5.74) is 2.13. The predicted molar refractivity (Wildman–Crippen MR) is 119 cm³/mol. The van der Waals surface area contributed by atoms with Crippen molar-refractivity contribution in [1.82, 2.24) is 10.2 Å². The van der Waals surface area contributed by atoms with Crippen LogP contribution in [0.4, 0.5) is 0 Å². The summed E-state index contributed by atoms with van der Waals surface area (Å²) in [7, 11) is 0. The number of nitrogens with zero attached hydrogens (tertiary/aromatic N) is 1. The molecule has 2 amide bonds. The van der Waals surface area contributed by atoms with E-state index in [4.69, 9.17) is 4.74 Å². The first-order chi connectivity index (χ1) is 14.4. The molecule has 1 aliphatic rings. The van der Waals surface area contributed by atoms with Crippen LogP contribution in [0.15, 0.2) is 54.6 Å². The van der Waals surface area contributed by atoms with Crippen LogP contribution in [0.3, 0.4) is 0 Å². The number of hydrogen-bond donors (Lipinski definition) is 1. The van der Waals surface area contributed by atoms with Gasteiger partial charge in [-0.05, 0) is 42.9 Å². The van der Waals surface area contributed by atoms with Gasteiger partial charge in [0.1, 0.15) is 5.75 Å². The third-order valence-electron chi connectivity index (χ3n) is 5.61. The van der Waals surface area contributed by atoms with E-state index in [1.165, 1.54) is 0 Å². The summed E-state index contributed by atoms with van der Waals surface area (Å²) in [6.45, 7) is 7.34. The Morgan fingerprint density at radius 2 is 1.63 bits per heavy atom. The Labute approximate surface area is 179 Å². The molecule has 0 aliphatic carbocycles. The molecule has 1 heterocycles. The van der Waals surface area contributed by atoms with Crippen molar-refractivity contribution in [1.29, 1.82) is 0 Å². The molecule has 0 aromatic heterocycles. The van der Waals surface area contributed by atoms with E-state index >= 15 is 0 Å². The highest BCUT2D eigenvalue weighted by Crippen LogP contribution is 2.26. The second-order valence-corrected chi connectivity index (χ2v) is 8.28. The SMILES string of the molecule is CC(Oc1ccccc1C(C)C)C(=O)NC1CCN(C(=O)Cc2ccccc2)CC1. The van der Waals surface area contributed by atoms with Crippen LogP contribution in [0, 0.1) is 0 Å². The molecule has 0 radical (unpaired) electrons. The molecule has 3 rings (SSSR count). The highest BCUT2D eigenvalue weighted by atomic mass is 16.5. The lowest BCUT2D eigenvalue weighted by molar-refractivity contribution is -0.132. The van der Waals surface area contributed by atoms with Gasteiger partial charge in [0.25, 0.3) is 5.91 Å².